The fourth-order valence-electron chi connectivity index (χ4n) is 2.38. The van der Waals surface area contributed by atoms with Crippen LogP contribution in [0.3, 0.4) is 0 Å². The lowest BCUT2D eigenvalue weighted by Gasteiger charge is -2.14. The van der Waals surface area contributed by atoms with Crippen LogP contribution in [-0.2, 0) is 13.1 Å². The van der Waals surface area contributed by atoms with Crippen molar-refractivity contribution in [1.82, 2.24) is 10.6 Å². The number of nitrogens with zero attached hydrogens (tertiary/aromatic N) is 1. The number of guanidine groups is 1. The second-order valence-corrected chi connectivity index (χ2v) is 5.94. The summed E-state index contributed by atoms with van der Waals surface area (Å²) in [7, 11) is 3.43. The van der Waals surface area contributed by atoms with E-state index in [1.807, 2.05) is 50.2 Å². The molecule has 2 aromatic rings. The van der Waals surface area contributed by atoms with Crippen molar-refractivity contribution in [1.29, 1.82) is 0 Å². The lowest BCUT2D eigenvalue weighted by atomic mass is 10.2. The van der Waals surface area contributed by atoms with Gasteiger partial charge in [0.15, 0.2) is 5.96 Å². The van der Waals surface area contributed by atoms with Crippen molar-refractivity contribution in [3.63, 3.8) is 0 Å². The van der Waals surface area contributed by atoms with E-state index in [4.69, 9.17) is 9.47 Å². The third-order valence-corrected chi connectivity index (χ3v) is 3.55. The molecule has 2 N–H and O–H groups in total. The number of aliphatic imine (C=N–C) groups is 1. The van der Waals surface area contributed by atoms with Gasteiger partial charge in [-0.25, -0.2) is 0 Å². The van der Waals surface area contributed by atoms with Crippen LogP contribution in [0.5, 0.6) is 11.5 Å². The number of rotatable bonds is 7. The van der Waals surface area contributed by atoms with E-state index in [9.17, 15) is 0 Å². The number of methoxy groups -OCH3 is 1. The summed E-state index contributed by atoms with van der Waals surface area (Å²) in [6.07, 6.45) is 0.167. The van der Waals surface area contributed by atoms with Crippen molar-refractivity contribution >= 4 is 29.9 Å². The molecule has 6 heteroatoms. The second-order valence-electron chi connectivity index (χ2n) is 5.94. The number of hydrogen-bond acceptors (Lipinski definition) is 3. The molecule has 0 amide bonds. The summed E-state index contributed by atoms with van der Waals surface area (Å²) in [5, 5.41) is 6.62. The highest BCUT2D eigenvalue weighted by atomic mass is 127. The zero-order chi connectivity index (χ0) is 18.1. The fourth-order valence-corrected chi connectivity index (χ4v) is 2.38. The van der Waals surface area contributed by atoms with Crippen molar-refractivity contribution in [2.75, 3.05) is 14.2 Å². The van der Waals surface area contributed by atoms with E-state index in [2.05, 4.69) is 27.8 Å². The highest BCUT2D eigenvalue weighted by molar-refractivity contribution is 14.0. The Morgan fingerprint density at radius 2 is 1.50 bits per heavy atom. The van der Waals surface area contributed by atoms with Crippen LogP contribution in [0, 0.1) is 0 Å². The number of benzene rings is 2. The van der Waals surface area contributed by atoms with Crippen molar-refractivity contribution in [2.45, 2.75) is 33.0 Å². The summed E-state index contributed by atoms with van der Waals surface area (Å²) >= 11 is 0. The van der Waals surface area contributed by atoms with Gasteiger partial charge in [-0.3, -0.25) is 4.99 Å². The van der Waals surface area contributed by atoms with Crippen LogP contribution in [0.25, 0.3) is 0 Å². The standard InChI is InChI=1S/C20H27N3O2.HI/c1-15(2)25-19-10-6-8-17(12-19)14-23-20(21-3)22-13-16-7-5-9-18(11-16)24-4;/h5-12,15H,13-14H2,1-4H3,(H2,21,22,23);1H. The Morgan fingerprint density at radius 3 is 2.00 bits per heavy atom. The number of nitrogens with one attached hydrogen (secondary N) is 2. The van der Waals surface area contributed by atoms with Crippen LogP contribution in [0.15, 0.2) is 53.5 Å². The van der Waals surface area contributed by atoms with Gasteiger partial charge in [-0.05, 0) is 49.2 Å². The van der Waals surface area contributed by atoms with Gasteiger partial charge in [0.25, 0.3) is 0 Å². The van der Waals surface area contributed by atoms with Gasteiger partial charge in [0.1, 0.15) is 11.5 Å². The highest BCUT2D eigenvalue weighted by Gasteiger charge is 2.02. The van der Waals surface area contributed by atoms with E-state index in [-0.39, 0.29) is 30.1 Å². The summed E-state index contributed by atoms with van der Waals surface area (Å²) in [5.41, 5.74) is 2.28. The van der Waals surface area contributed by atoms with Gasteiger partial charge in [-0.2, -0.15) is 0 Å². The van der Waals surface area contributed by atoms with Crippen molar-refractivity contribution in [3.8, 4) is 11.5 Å². The summed E-state index contributed by atoms with van der Waals surface area (Å²) in [6, 6.07) is 16.1. The summed E-state index contributed by atoms with van der Waals surface area (Å²) in [4.78, 5) is 4.26. The average molecular weight is 469 g/mol. The van der Waals surface area contributed by atoms with Crippen LogP contribution in [0.1, 0.15) is 25.0 Å². The first-order valence-corrected chi connectivity index (χ1v) is 8.43. The first kappa shape index (κ1) is 22.1. The topological polar surface area (TPSA) is 54.9 Å². The van der Waals surface area contributed by atoms with Crippen LogP contribution < -0.4 is 20.1 Å². The molecular weight excluding hydrogens is 441 g/mol. The predicted octanol–water partition coefficient (Wildman–Crippen LogP) is 3.97. The molecule has 0 spiro atoms. The molecule has 0 saturated carbocycles. The molecule has 2 rings (SSSR count). The molecule has 0 saturated heterocycles. The summed E-state index contributed by atoms with van der Waals surface area (Å²) in [5.74, 6) is 2.48. The van der Waals surface area contributed by atoms with Gasteiger partial charge in [-0.1, -0.05) is 24.3 Å². The van der Waals surface area contributed by atoms with Crippen LogP contribution in [-0.4, -0.2) is 26.2 Å². The zero-order valence-corrected chi connectivity index (χ0v) is 18.1. The van der Waals surface area contributed by atoms with E-state index in [0.717, 1.165) is 28.6 Å². The fraction of sp³-hybridized carbons (Fsp3) is 0.350. The Labute approximate surface area is 173 Å². The maximum Gasteiger partial charge on any atom is 0.191 e. The van der Waals surface area contributed by atoms with Gasteiger partial charge in [-0.15, -0.1) is 24.0 Å². The summed E-state index contributed by atoms with van der Waals surface area (Å²) in [6.45, 7) is 5.39. The quantitative estimate of drug-likeness (QED) is 0.366. The van der Waals surface area contributed by atoms with Crippen molar-refractivity contribution in [2.24, 2.45) is 4.99 Å². The molecule has 142 valence electrons. The Balaban J connectivity index is 0.00000338. The molecule has 0 atom stereocenters. The number of halogens is 1. The Kier molecular flexibility index (Phi) is 9.87. The molecule has 0 unspecified atom stereocenters. The SMILES string of the molecule is CN=C(NCc1cccc(OC)c1)NCc1cccc(OC(C)C)c1.I. The number of ether oxygens (including phenoxy) is 2. The molecule has 0 bridgehead atoms. The molecule has 0 heterocycles. The minimum Gasteiger partial charge on any atom is -0.497 e. The maximum atomic E-state index is 5.73. The molecule has 2 aromatic carbocycles. The number of hydrogen-bond donors (Lipinski definition) is 2. The van der Waals surface area contributed by atoms with E-state index >= 15 is 0 Å². The molecule has 0 radical (unpaired) electrons. The van der Waals surface area contributed by atoms with Gasteiger partial charge in [0.2, 0.25) is 0 Å². The maximum absolute atomic E-state index is 5.73. The minimum absolute atomic E-state index is 0. The minimum atomic E-state index is 0. The van der Waals surface area contributed by atoms with Gasteiger partial charge < -0.3 is 20.1 Å². The lowest BCUT2D eigenvalue weighted by molar-refractivity contribution is 0.242. The average Bonchev–Trinajstić information content (AvgIpc) is 2.62. The molecule has 26 heavy (non-hydrogen) atoms. The first-order valence-electron chi connectivity index (χ1n) is 8.43. The van der Waals surface area contributed by atoms with Crippen LogP contribution in [0.4, 0.5) is 0 Å². The molecule has 5 nitrogen and oxygen atoms in total. The zero-order valence-electron chi connectivity index (χ0n) is 15.8. The Morgan fingerprint density at radius 1 is 0.962 bits per heavy atom. The molecule has 0 aliphatic heterocycles. The molecule has 0 aliphatic carbocycles. The third kappa shape index (κ3) is 7.51. The summed E-state index contributed by atoms with van der Waals surface area (Å²) < 4.78 is 11.0. The first-order chi connectivity index (χ1) is 12.1. The molecule has 0 aromatic heterocycles. The van der Waals surface area contributed by atoms with Gasteiger partial charge in [0, 0.05) is 20.1 Å². The van der Waals surface area contributed by atoms with Crippen LogP contribution in [0.2, 0.25) is 0 Å². The molecular formula is C20H28IN3O2. The van der Waals surface area contributed by atoms with Gasteiger partial charge in [0.05, 0.1) is 13.2 Å². The van der Waals surface area contributed by atoms with E-state index in [1.165, 1.54) is 0 Å². The molecule has 0 aliphatic rings. The second kappa shape index (κ2) is 11.6. The van der Waals surface area contributed by atoms with E-state index < -0.39 is 0 Å². The normalized spacial score (nSPS) is 10.9. The smallest absolute Gasteiger partial charge is 0.191 e. The predicted molar refractivity (Wildman–Crippen MR) is 118 cm³/mol. The van der Waals surface area contributed by atoms with E-state index in [1.54, 1.807) is 14.2 Å². The largest absolute Gasteiger partial charge is 0.497 e. The van der Waals surface area contributed by atoms with Crippen molar-refractivity contribution in [3.05, 3.63) is 59.7 Å². The van der Waals surface area contributed by atoms with Crippen molar-refractivity contribution < 1.29 is 9.47 Å². The Bertz CT molecular complexity index is 705. The monoisotopic (exact) mass is 469 g/mol. The lowest BCUT2D eigenvalue weighted by Crippen LogP contribution is -2.36. The molecule has 0 fully saturated rings. The highest BCUT2D eigenvalue weighted by Crippen LogP contribution is 2.15. The third-order valence-electron chi connectivity index (χ3n) is 3.55. The van der Waals surface area contributed by atoms with Gasteiger partial charge >= 0.3 is 0 Å². The van der Waals surface area contributed by atoms with Crippen LogP contribution >= 0.6 is 24.0 Å². The van der Waals surface area contributed by atoms with E-state index in [0.29, 0.717) is 13.1 Å². The Hall–Kier alpha value is -1.96.